The van der Waals surface area contributed by atoms with E-state index in [0.717, 1.165) is 0 Å². The van der Waals surface area contributed by atoms with E-state index in [-0.39, 0.29) is 25.0 Å². The molecular formula is C15H16FN5O2. The molecule has 0 radical (unpaired) electrons. The molecule has 1 unspecified atom stereocenters. The number of nitrogens with one attached hydrogen (secondary N) is 3. The number of benzene rings is 1. The molecule has 3 N–H and O–H groups in total. The smallest absolute Gasteiger partial charge is 0.315 e. The number of hydrogen-bond donors (Lipinski definition) is 3. The van der Waals surface area contributed by atoms with E-state index in [1.165, 1.54) is 6.07 Å². The van der Waals surface area contributed by atoms with Crippen molar-refractivity contribution in [2.75, 3.05) is 6.54 Å². The first-order valence-electron chi connectivity index (χ1n) is 7.15. The molecule has 1 aliphatic rings. The molecule has 2 aromatic rings. The number of imidazole rings is 1. The van der Waals surface area contributed by atoms with E-state index in [9.17, 15) is 14.0 Å². The van der Waals surface area contributed by atoms with Crippen molar-refractivity contribution < 1.29 is 14.0 Å². The summed E-state index contributed by atoms with van der Waals surface area (Å²) >= 11 is 0. The van der Waals surface area contributed by atoms with E-state index in [1.807, 2.05) is 0 Å². The van der Waals surface area contributed by atoms with E-state index in [4.69, 9.17) is 0 Å². The van der Waals surface area contributed by atoms with Crippen molar-refractivity contribution in [1.29, 1.82) is 0 Å². The maximum absolute atomic E-state index is 14.2. The third-order valence-electron chi connectivity index (χ3n) is 3.65. The van der Waals surface area contributed by atoms with Gasteiger partial charge >= 0.3 is 6.03 Å². The molecule has 1 saturated heterocycles. The second-order valence-corrected chi connectivity index (χ2v) is 5.25. The van der Waals surface area contributed by atoms with Crippen LogP contribution < -0.4 is 16.0 Å². The highest BCUT2D eigenvalue weighted by atomic mass is 19.1. The lowest BCUT2D eigenvalue weighted by Crippen LogP contribution is -2.42. The molecule has 7 nitrogen and oxygen atoms in total. The number of aromatic nitrogens is 2. The van der Waals surface area contributed by atoms with Crippen LogP contribution in [0.15, 0.2) is 30.6 Å². The maximum atomic E-state index is 14.2. The Bertz CT molecular complexity index is 758. The van der Waals surface area contributed by atoms with Crippen LogP contribution in [0.5, 0.6) is 0 Å². The summed E-state index contributed by atoms with van der Waals surface area (Å²) in [4.78, 5) is 26.9. The lowest BCUT2D eigenvalue weighted by atomic mass is 10.2. The number of carbonyl (C=O) groups is 2. The van der Waals surface area contributed by atoms with E-state index in [0.29, 0.717) is 17.1 Å². The second-order valence-electron chi connectivity index (χ2n) is 5.25. The average molecular weight is 317 g/mol. The lowest BCUT2D eigenvalue weighted by molar-refractivity contribution is -0.122. The SMILES string of the molecule is Cc1nccn1-c1ccc(CNC(=O)C2CNC(=O)N2)cc1F. The minimum absolute atomic E-state index is 0.186. The van der Waals surface area contributed by atoms with E-state index in [1.54, 1.807) is 36.0 Å². The van der Waals surface area contributed by atoms with Crippen molar-refractivity contribution in [2.24, 2.45) is 0 Å². The summed E-state index contributed by atoms with van der Waals surface area (Å²) in [6.07, 6.45) is 3.29. The van der Waals surface area contributed by atoms with E-state index in [2.05, 4.69) is 20.9 Å². The fourth-order valence-corrected chi connectivity index (χ4v) is 2.41. The van der Waals surface area contributed by atoms with Gasteiger partial charge in [-0.2, -0.15) is 0 Å². The van der Waals surface area contributed by atoms with Gasteiger partial charge in [0.15, 0.2) is 0 Å². The van der Waals surface area contributed by atoms with Gasteiger partial charge in [0.1, 0.15) is 17.7 Å². The van der Waals surface area contributed by atoms with Gasteiger partial charge in [0.2, 0.25) is 5.91 Å². The third-order valence-corrected chi connectivity index (χ3v) is 3.65. The van der Waals surface area contributed by atoms with Crippen LogP contribution in [0.1, 0.15) is 11.4 Å². The number of urea groups is 1. The van der Waals surface area contributed by atoms with E-state index >= 15 is 0 Å². The highest BCUT2D eigenvalue weighted by molar-refractivity contribution is 5.90. The first-order chi connectivity index (χ1) is 11.0. The molecule has 1 aromatic heterocycles. The number of amides is 3. The van der Waals surface area contributed by atoms with Crippen molar-refractivity contribution in [1.82, 2.24) is 25.5 Å². The minimum atomic E-state index is -0.597. The zero-order chi connectivity index (χ0) is 16.4. The van der Waals surface area contributed by atoms with Crippen LogP contribution in [0.2, 0.25) is 0 Å². The van der Waals surface area contributed by atoms with Crippen LogP contribution >= 0.6 is 0 Å². The fourth-order valence-electron chi connectivity index (χ4n) is 2.41. The summed E-state index contributed by atoms with van der Waals surface area (Å²) in [5.74, 6) is -0.0126. The fraction of sp³-hybridized carbons (Fsp3) is 0.267. The second kappa shape index (κ2) is 6.07. The Morgan fingerprint density at radius 2 is 2.35 bits per heavy atom. The summed E-state index contributed by atoms with van der Waals surface area (Å²) in [6, 6.07) is 3.80. The van der Waals surface area contributed by atoms with Gasteiger partial charge in [-0.25, -0.2) is 14.2 Å². The van der Waals surface area contributed by atoms with Crippen LogP contribution in [0.3, 0.4) is 0 Å². The molecule has 3 rings (SSSR count). The Morgan fingerprint density at radius 1 is 1.52 bits per heavy atom. The first kappa shape index (κ1) is 15.0. The molecule has 0 aliphatic carbocycles. The Labute approximate surface area is 131 Å². The number of carbonyl (C=O) groups excluding carboxylic acids is 2. The Hall–Kier alpha value is -2.90. The topological polar surface area (TPSA) is 88.1 Å². The Balaban J connectivity index is 1.65. The van der Waals surface area contributed by atoms with Gasteiger partial charge in [-0.05, 0) is 24.6 Å². The molecule has 1 aliphatic heterocycles. The monoisotopic (exact) mass is 317 g/mol. The molecule has 8 heteroatoms. The Morgan fingerprint density at radius 3 is 2.96 bits per heavy atom. The summed E-state index contributed by atoms with van der Waals surface area (Å²) in [7, 11) is 0. The molecule has 0 saturated carbocycles. The molecule has 23 heavy (non-hydrogen) atoms. The van der Waals surface area contributed by atoms with Crippen LogP contribution in [-0.2, 0) is 11.3 Å². The van der Waals surface area contributed by atoms with Crippen LogP contribution in [0, 0.1) is 12.7 Å². The lowest BCUT2D eigenvalue weighted by Gasteiger charge is -2.11. The standard InChI is InChI=1S/C15H16FN5O2/c1-9-17-4-5-21(9)13-3-2-10(6-11(13)16)7-18-14(22)12-8-19-15(23)20-12/h2-6,12H,7-8H2,1H3,(H,18,22)(H2,19,20,23). The van der Waals surface area contributed by atoms with Gasteiger partial charge in [-0.15, -0.1) is 0 Å². The zero-order valence-electron chi connectivity index (χ0n) is 12.5. The molecule has 120 valence electrons. The maximum Gasteiger partial charge on any atom is 0.315 e. The number of nitrogens with zero attached hydrogens (tertiary/aromatic N) is 2. The summed E-state index contributed by atoms with van der Waals surface area (Å²) < 4.78 is 15.9. The third kappa shape index (κ3) is 3.15. The van der Waals surface area contributed by atoms with Gasteiger partial charge < -0.3 is 20.5 Å². The zero-order valence-corrected chi connectivity index (χ0v) is 12.5. The van der Waals surface area contributed by atoms with Gasteiger partial charge in [0.25, 0.3) is 0 Å². The summed E-state index contributed by atoms with van der Waals surface area (Å²) in [5.41, 5.74) is 1.04. The quantitative estimate of drug-likeness (QED) is 0.772. The molecule has 1 aromatic carbocycles. The normalized spacial score (nSPS) is 16.8. The molecule has 2 heterocycles. The number of aryl methyl sites for hydroxylation is 1. The number of hydrogen-bond acceptors (Lipinski definition) is 3. The van der Waals surface area contributed by atoms with Crippen LogP contribution in [0.4, 0.5) is 9.18 Å². The van der Waals surface area contributed by atoms with Crippen LogP contribution in [-0.4, -0.2) is 34.1 Å². The predicted octanol–water partition coefficient (Wildman–Crippen LogP) is 0.617. The predicted molar refractivity (Wildman–Crippen MR) is 80.4 cm³/mol. The van der Waals surface area contributed by atoms with Gasteiger partial charge in [0.05, 0.1) is 5.69 Å². The molecule has 3 amide bonds. The average Bonchev–Trinajstić information content (AvgIpc) is 3.14. The molecule has 1 fully saturated rings. The number of halogens is 1. The van der Waals surface area contributed by atoms with Gasteiger partial charge in [-0.3, -0.25) is 4.79 Å². The molecule has 0 spiro atoms. The van der Waals surface area contributed by atoms with Crippen molar-refractivity contribution in [3.05, 3.63) is 47.8 Å². The van der Waals surface area contributed by atoms with E-state index < -0.39 is 11.9 Å². The summed E-state index contributed by atoms with van der Waals surface area (Å²) in [5, 5.41) is 7.67. The molecule has 1 atom stereocenters. The summed E-state index contributed by atoms with van der Waals surface area (Å²) in [6.45, 7) is 2.22. The van der Waals surface area contributed by atoms with Crippen molar-refractivity contribution in [3.63, 3.8) is 0 Å². The minimum Gasteiger partial charge on any atom is -0.350 e. The first-order valence-corrected chi connectivity index (χ1v) is 7.15. The highest BCUT2D eigenvalue weighted by Crippen LogP contribution is 2.16. The van der Waals surface area contributed by atoms with Crippen LogP contribution in [0.25, 0.3) is 5.69 Å². The van der Waals surface area contributed by atoms with Crippen molar-refractivity contribution in [2.45, 2.75) is 19.5 Å². The molecule has 0 bridgehead atoms. The van der Waals surface area contributed by atoms with Gasteiger partial charge in [-0.1, -0.05) is 6.07 Å². The highest BCUT2D eigenvalue weighted by Gasteiger charge is 2.26. The Kier molecular flexibility index (Phi) is 3.96. The number of rotatable bonds is 4. The largest absolute Gasteiger partial charge is 0.350 e. The van der Waals surface area contributed by atoms with Crippen molar-refractivity contribution in [3.8, 4) is 5.69 Å². The molecular weight excluding hydrogens is 301 g/mol. The van der Waals surface area contributed by atoms with Gasteiger partial charge in [0, 0.05) is 25.5 Å². The van der Waals surface area contributed by atoms with Crippen molar-refractivity contribution >= 4 is 11.9 Å².